The largest absolute Gasteiger partial charge is 0.478 e. The zero-order chi connectivity index (χ0) is 16.3. The maximum atomic E-state index is 11.2. The first kappa shape index (κ1) is 17.0. The molecule has 1 aromatic carbocycles. The molecule has 0 aliphatic heterocycles. The first-order chi connectivity index (χ1) is 11.3. The molecule has 4 heteroatoms. The first-order valence-electron chi connectivity index (χ1n) is 8.10. The van der Waals surface area contributed by atoms with E-state index in [-0.39, 0.29) is 5.97 Å². The van der Waals surface area contributed by atoms with Crippen molar-refractivity contribution in [1.29, 1.82) is 0 Å². The second-order valence-corrected chi connectivity index (χ2v) is 5.19. The molecule has 0 fully saturated rings. The van der Waals surface area contributed by atoms with Gasteiger partial charge in [0.05, 0.1) is 18.9 Å². The van der Waals surface area contributed by atoms with Crippen LogP contribution in [0.15, 0.2) is 48.5 Å². The van der Waals surface area contributed by atoms with Crippen LogP contribution in [0.5, 0.6) is 5.88 Å². The van der Waals surface area contributed by atoms with Crippen molar-refractivity contribution < 1.29 is 14.3 Å². The number of rotatable bonds is 9. The van der Waals surface area contributed by atoms with Gasteiger partial charge in [-0.15, -0.1) is 0 Å². The number of pyridine rings is 1. The molecule has 0 bridgehead atoms. The molecule has 0 radical (unpaired) electrons. The normalized spacial score (nSPS) is 10.3. The standard InChI is InChI=1S/C19H23NO3/c1-2-22-19(21)14-7-4-8-15-23-18-13-9-12-17(20-18)16-10-5-3-6-11-16/h3,5-6,9-13H,2,4,7-8,14-15H2,1H3. The van der Waals surface area contributed by atoms with Gasteiger partial charge in [0.1, 0.15) is 0 Å². The van der Waals surface area contributed by atoms with Crippen molar-refractivity contribution in [1.82, 2.24) is 4.98 Å². The average Bonchev–Trinajstić information content (AvgIpc) is 2.59. The molecule has 0 amide bonds. The van der Waals surface area contributed by atoms with Crippen molar-refractivity contribution in [2.45, 2.75) is 32.6 Å². The topological polar surface area (TPSA) is 48.4 Å². The van der Waals surface area contributed by atoms with E-state index in [1.54, 1.807) is 0 Å². The van der Waals surface area contributed by atoms with E-state index in [9.17, 15) is 4.79 Å². The third kappa shape index (κ3) is 6.10. The van der Waals surface area contributed by atoms with Gasteiger partial charge in [0, 0.05) is 18.1 Å². The van der Waals surface area contributed by atoms with E-state index in [2.05, 4.69) is 4.98 Å². The average molecular weight is 313 g/mol. The van der Waals surface area contributed by atoms with Crippen molar-refractivity contribution in [2.24, 2.45) is 0 Å². The monoisotopic (exact) mass is 313 g/mol. The Balaban J connectivity index is 1.71. The molecule has 122 valence electrons. The summed E-state index contributed by atoms with van der Waals surface area (Å²) in [6.07, 6.45) is 3.16. The Morgan fingerprint density at radius 2 is 1.83 bits per heavy atom. The van der Waals surface area contributed by atoms with Gasteiger partial charge >= 0.3 is 5.97 Å². The Morgan fingerprint density at radius 1 is 1.00 bits per heavy atom. The molecule has 1 aromatic heterocycles. The van der Waals surface area contributed by atoms with Crippen molar-refractivity contribution in [3.63, 3.8) is 0 Å². The summed E-state index contributed by atoms with van der Waals surface area (Å²) in [5.74, 6) is 0.516. The first-order valence-corrected chi connectivity index (χ1v) is 8.10. The molecule has 0 aliphatic carbocycles. The van der Waals surface area contributed by atoms with Crippen LogP contribution in [-0.4, -0.2) is 24.2 Å². The molecule has 23 heavy (non-hydrogen) atoms. The van der Waals surface area contributed by atoms with Gasteiger partial charge in [-0.3, -0.25) is 4.79 Å². The summed E-state index contributed by atoms with van der Waals surface area (Å²) in [7, 11) is 0. The highest BCUT2D eigenvalue weighted by Crippen LogP contribution is 2.19. The minimum atomic E-state index is -0.120. The third-order valence-electron chi connectivity index (χ3n) is 3.37. The van der Waals surface area contributed by atoms with Gasteiger partial charge in [-0.05, 0) is 32.3 Å². The molecular formula is C19H23NO3. The van der Waals surface area contributed by atoms with Gasteiger partial charge in [0.15, 0.2) is 0 Å². The zero-order valence-corrected chi connectivity index (χ0v) is 13.5. The van der Waals surface area contributed by atoms with E-state index < -0.39 is 0 Å². The number of ether oxygens (including phenoxy) is 2. The Kier molecular flexibility index (Phi) is 7.11. The maximum Gasteiger partial charge on any atom is 0.305 e. The molecule has 2 rings (SSSR count). The minimum Gasteiger partial charge on any atom is -0.478 e. The van der Waals surface area contributed by atoms with Crippen LogP contribution >= 0.6 is 0 Å². The number of nitrogens with zero attached hydrogens (tertiary/aromatic N) is 1. The number of aromatic nitrogens is 1. The van der Waals surface area contributed by atoms with Crippen molar-refractivity contribution in [3.05, 3.63) is 48.5 Å². The lowest BCUT2D eigenvalue weighted by Gasteiger charge is -2.07. The molecule has 0 atom stereocenters. The fourth-order valence-electron chi connectivity index (χ4n) is 2.22. The number of benzene rings is 1. The van der Waals surface area contributed by atoms with Gasteiger partial charge in [-0.1, -0.05) is 36.4 Å². The molecule has 0 N–H and O–H groups in total. The number of hydrogen-bond donors (Lipinski definition) is 0. The fourth-order valence-corrected chi connectivity index (χ4v) is 2.22. The van der Waals surface area contributed by atoms with Gasteiger partial charge in [-0.2, -0.15) is 0 Å². The van der Waals surface area contributed by atoms with Crippen molar-refractivity contribution in [2.75, 3.05) is 13.2 Å². The third-order valence-corrected chi connectivity index (χ3v) is 3.37. The summed E-state index contributed by atoms with van der Waals surface area (Å²) < 4.78 is 10.6. The number of carbonyl (C=O) groups is 1. The predicted octanol–water partition coefficient (Wildman–Crippen LogP) is 4.25. The van der Waals surface area contributed by atoms with Crippen LogP contribution in [0, 0.1) is 0 Å². The predicted molar refractivity (Wildman–Crippen MR) is 90.3 cm³/mol. The Hall–Kier alpha value is -2.36. The maximum absolute atomic E-state index is 11.2. The quantitative estimate of drug-likeness (QED) is 0.513. The summed E-state index contributed by atoms with van der Waals surface area (Å²) in [6, 6.07) is 15.8. The van der Waals surface area contributed by atoms with Crippen LogP contribution < -0.4 is 4.74 Å². The van der Waals surface area contributed by atoms with E-state index in [4.69, 9.17) is 9.47 Å². The molecule has 0 aliphatic rings. The molecule has 0 unspecified atom stereocenters. The van der Waals surface area contributed by atoms with E-state index in [0.29, 0.717) is 25.5 Å². The van der Waals surface area contributed by atoms with E-state index in [0.717, 1.165) is 30.5 Å². The zero-order valence-electron chi connectivity index (χ0n) is 13.5. The van der Waals surface area contributed by atoms with Crippen LogP contribution in [0.2, 0.25) is 0 Å². The van der Waals surface area contributed by atoms with E-state index in [1.807, 2.05) is 55.5 Å². The van der Waals surface area contributed by atoms with Crippen molar-refractivity contribution >= 4 is 5.97 Å². The minimum absolute atomic E-state index is 0.120. The van der Waals surface area contributed by atoms with Gasteiger partial charge in [0.2, 0.25) is 5.88 Å². The van der Waals surface area contributed by atoms with Gasteiger partial charge in [-0.25, -0.2) is 4.98 Å². The highest BCUT2D eigenvalue weighted by atomic mass is 16.5. The van der Waals surface area contributed by atoms with Crippen LogP contribution in [-0.2, 0) is 9.53 Å². The number of hydrogen-bond acceptors (Lipinski definition) is 4. The van der Waals surface area contributed by atoms with Crippen LogP contribution in [0.4, 0.5) is 0 Å². The lowest BCUT2D eigenvalue weighted by Crippen LogP contribution is -2.04. The molecule has 0 spiro atoms. The highest BCUT2D eigenvalue weighted by molar-refractivity contribution is 5.69. The SMILES string of the molecule is CCOC(=O)CCCCCOc1cccc(-c2ccccc2)n1. The van der Waals surface area contributed by atoms with Crippen LogP contribution in [0.3, 0.4) is 0 Å². The van der Waals surface area contributed by atoms with Gasteiger partial charge < -0.3 is 9.47 Å². The highest BCUT2D eigenvalue weighted by Gasteiger charge is 2.03. The Labute approximate surface area is 137 Å². The lowest BCUT2D eigenvalue weighted by molar-refractivity contribution is -0.143. The Morgan fingerprint density at radius 3 is 2.61 bits per heavy atom. The summed E-state index contributed by atoms with van der Waals surface area (Å²) in [5.41, 5.74) is 1.98. The second-order valence-electron chi connectivity index (χ2n) is 5.19. The number of unbranched alkanes of at least 4 members (excludes halogenated alkanes) is 2. The Bertz CT molecular complexity index is 599. The number of carbonyl (C=O) groups excluding carboxylic acids is 1. The summed E-state index contributed by atoms with van der Waals surface area (Å²) in [6.45, 7) is 2.88. The summed E-state index contributed by atoms with van der Waals surface area (Å²) in [4.78, 5) is 15.7. The second kappa shape index (κ2) is 9.62. The smallest absolute Gasteiger partial charge is 0.305 e. The van der Waals surface area contributed by atoms with Crippen molar-refractivity contribution in [3.8, 4) is 17.1 Å². The molecule has 2 aromatic rings. The van der Waals surface area contributed by atoms with Gasteiger partial charge in [0.25, 0.3) is 0 Å². The lowest BCUT2D eigenvalue weighted by atomic mass is 10.1. The summed E-state index contributed by atoms with van der Waals surface area (Å²) >= 11 is 0. The van der Waals surface area contributed by atoms with Crippen LogP contribution in [0.25, 0.3) is 11.3 Å². The fraction of sp³-hybridized carbons (Fsp3) is 0.368. The molecule has 1 heterocycles. The molecule has 4 nitrogen and oxygen atoms in total. The molecular weight excluding hydrogens is 290 g/mol. The van der Waals surface area contributed by atoms with E-state index >= 15 is 0 Å². The molecule has 0 saturated heterocycles. The van der Waals surface area contributed by atoms with E-state index in [1.165, 1.54) is 0 Å². The number of esters is 1. The van der Waals surface area contributed by atoms with Crippen LogP contribution in [0.1, 0.15) is 32.6 Å². The summed E-state index contributed by atoms with van der Waals surface area (Å²) in [5, 5.41) is 0. The molecule has 0 saturated carbocycles.